The quantitative estimate of drug-likeness (QED) is 0.372. The average Bonchev–Trinajstić information content (AvgIpc) is 2.81. The van der Waals surface area contributed by atoms with Gasteiger partial charge in [-0.2, -0.15) is 0 Å². The van der Waals surface area contributed by atoms with E-state index in [1.54, 1.807) is 5.56 Å². The lowest BCUT2D eigenvalue weighted by Crippen LogP contribution is -2.13. The van der Waals surface area contributed by atoms with Gasteiger partial charge in [-0.1, -0.05) is 81.4 Å². The van der Waals surface area contributed by atoms with Crippen LogP contribution >= 0.6 is 0 Å². The van der Waals surface area contributed by atoms with Crippen molar-refractivity contribution in [1.82, 2.24) is 0 Å². The number of halogens is 1. The van der Waals surface area contributed by atoms with Gasteiger partial charge in [0.15, 0.2) is 0 Å². The molecular formula is C30H43FSi. The predicted molar refractivity (Wildman–Crippen MR) is 139 cm³/mol. The van der Waals surface area contributed by atoms with Crippen molar-refractivity contribution in [3.8, 4) is 0 Å². The maximum atomic E-state index is 15.0. The van der Waals surface area contributed by atoms with Crippen molar-refractivity contribution < 1.29 is 4.39 Å². The lowest BCUT2D eigenvalue weighted by molar-refractivity contribution is 0.342. The van der Waals surface area contributed by atoms with Crippen molar-refractivity contribution in [2.45, 2.75) is 108 Å². The van der Waals surface area contributed by atoms with Crippen LogP contribution in [0.4, 0.5) is 4.39 Å². The minimum Gasteiger partial charge on any atom is -0.207 e. The van der Waals surface area contributed by atoms with Gasteiger partial charge in [-0.05, 0) is 97.1 Å². The zero-order valence-corrected chi connectivity index (χ0v) is 22.1. The zero-order chi connectivity index (χ0) is 22.5. The summed E-state index contributed by atoms with van der Waals surface area (Å²) < 4.78 is 15.0. The van der Waals surface area contributed by atoms with E-state index in [-0.39, 0.29) is 15.3 Å². The van der Waals surface area contributed by atoms with Crippen molar-refractivity contribution in [3.63, 3.8) is 0 Å². The first-order chi connectivity index (χ1) is 15.5. The Hall–Kier alpha value is -1.41. The highest BCUT2D eigenvalue weighted by Gasteiger charge is 2.23. The lowest BCUT2D eigenvalue weighted by Gasteiger charge is -2.28. The van der Waals surface area contributed by atoms with Gasteiger partial charge in [-0.3, -0.25) is 0 Å². The van der Waals surface area contributed by atoms with E-state index in [4.69, 9.17) is 0 Å². The second-order valence-electron chi connectivity index (χ2n) is 11.0. The summed E-state index contributed by atoms with van der Waals surface area (Å²) in [5, 5.41) is 0. The molecule has 2 aromatic rings. The number of hydrogen-bond acceptors (Lipinski definition) is 0. The van der Waals surface area contributed by atoms with Gasteiger partial charge < -0.3 is 0 Å². The van der Waals surface area contributed by atoms with Crippen LogP contribution in [0.15, 0.2) is 36.4 Å². The summed E-state index contributed by atoms with van der Waals surface area (Å²) in [5.74, 6) is 2.03. The van der Waals surface area contributed by atoms with Crippen LogP contribution < -0.4 is 0 Å². The molecule has 2 aromatic carbocycles. The normalized spacial score (nSPS) is 26.6. The highest BCUT2D eigenvalue weighted by Crippen LogP contribution is 2.39. The summed E-state index contributed by atoms with van der Waals surface area (Å²) in [5.41, 5.74) is 7.44. The molecule has 0 nitrogen and oxygen atoms in total. The zero-order valence-electron chi connectivity index (χ0n) is 20.6. The summed E-state index contributed by atoms with van der Waals surface area (Å²) in [6.45, 7) is 6.87. The first kappa shape index (κ1) is 23.7. The number of benzene rings is 2. The summed E-state index contributed by atoms with van der Waals surface area (Å²) in [7, 11) is 0.190. The SMILES string of the molecule is CC[SiH2]C1CCC(c2ccc(CCc3cc(F)c(C4CCC(C)CC4)cc3C)cc2)CC1. The molecule has 0 saturated heterocycles. The maximum absolute atomic E-state index is 15.0. The van der Waals surface area contributed by atoms with Gasteiger partial charge in [0.2, 0.25) is 0 Å². The Morgan fingerprint density at radius 1 is 0.844 bits per heavy atom. The van der Waals surface area contributed by atoms with Crippen molar-refractivity contribution in [1.29, 1.82) is 0 Å². The summed E-state index contributed by atoms with van der Waals surface area (Å²) in [6.07, 6.45) is 12.4. The second-order valence-corrected chi connectivity index (χ2v) is 13.7. The first-order valence-electron chi connectivity index (χ1n) is 13.4. The highest BCUT2D eigenvalue weighted by molar-refractivity contribution is 6.37. The molecule has 0 heterocycles. The largest absolute Gasteiger partial charge is 0.207 e. The Morgan fingerprint density at radius 2 is 1.50 bits per heavy atom. The second kappa shape index (κ2) is 11.1. The monoisotopic (exact) mass is 450 g/mol. The Kier molecular flexibility index (Phi) is 8.26. The maximum Gasteiger partial charge on any atom is 0.126 e. The smallest absolute Gasteiger partial charge is 0.126 e. The fourth-order valence-electron chi connectivity index (χ4n) is 6.33. The van der Waals surface area contributed by atoms with Crippen LogP contribution in [0.2, 0.25) is 11.6 Å². The third-order valence-corrected chi connectivity index (χ3v) is 10.8. The molecule has 0 N–H and O–H groups in total. The number of rotatable bonds is 7. The van der Waals surface area contributed by atoms with Gasteiger partial charge in [-0.15, -0.1) is 0 Å². The van der Waals surface area contributed by atoms with E-state index in [9.17, 15) is 4.39 Å². The van der Waals surface area contributed by atoms with Crippen molar-refractivity contribution in [2.24, 2.45) is 5.92 Å². The van der Waals surface area contributed by atoms with Gasteiger partial charge in [0.25, 0.3) is 0 Å². The van der Waals surface area contributed by atoms with E-state index in [2.05, 4.69) is 51.1 Å². The van der Waals surface area contributed by atoms with Gasteiger partial charge in [-0.25, -0.2) is 4.39 Å². The minimum absolute atomic E-state index is 0.0298. The van der Waals surface area contributed by atoms with Gasteiger partial charge >= 0.3 is 0 Å². The fraction of sp³-hybridized carbons (Fsp3) is 0.600. The van der Waals surface area contributed by atoms with Crippen molar-refractivity contribution in [2.75, 3.05) is 0 Å². The molecule has 0 aromatic heterocycles. The average molecular weight is 451 g/mol. The summed E-state index contributed by atoms with van der Waals surface area (Å²) >= 11 is 0. The fourth-order valence-corrected chi connectivity index (χ4v) is 8.19. The van der Waals surface area contributed by atoms with Gasteiger partial charge in [0, 0.05) is 9.52 Å². The topological polar surface area (TPSA) is 0 Å². The molecule has 2 saturated carbocycles. The molecule has 0 bridgehead atoms. The molecule has 2 aliphatic rings. The molecule has 174 valence electrons. The van der Waals surface area contributed by atoms with E-state index in [0.717, 1.165) is 48.6 Å². The molecule has 2 aliphatic carbocycles. The lowest BCUT2D eigenvalue weighted by atomic mass is 9.78. The molecular weight excluding hydrogens is 407 g/mol. The van der Waals surface area contributed by atoms with Crippen LogP contribution in [0.1, 0.15) is 105 Å². The van der Waals surface area contributed by atoms with E-state index < -0.39 is 0 Å². The molecule has 0 radical (unpaired) electrons. The molecule has 32 heavy (non-hydrogen) atoms. The predicted octanol–water partition coefficient (Wildman–Crippen LogP) is 8.27. The highest BCUT2D eigenvalue weighted by atomic mass is 28.2. The van der Waals surface area contributed by atoms with Crippen LogP contribution in [0.25, 0.3) is 0 Å². The number of aryl methyl sites for hydroxylation is 3. The van der Waals surface area contributed by atoms with E-state index in [1.165, 1.54) is 61.3 Å². The Labute approximate surface area is 198 Å². The molecule has 0 spiro atoms. The minimum atomic E-state index is 0.0298. The van der Waals surface area contributed by atoms with Gasteiger partial charge in [0.1, 0.15) is 5.82 Å². The first-order valence-corrected chi connectivity index (χ1v) is 15.2. The number of hydrogen-bond donors (Lipinski definition) is 0. The van der Waals surface area contributed by atoms with E-state index in [0.29, 0.717) is 5.92 Å². The van der Waals surface area contributed by atoms with E-state index in [1.807, 2.05) is 6.07 Å². The molecule has 4 rings (SSSR count). The molecule has 0 atom stereocenters. The van der Waals surface area contributed by atoms with Crippen LogP contribution in [0, 0.1) is 18.7 Å². The summed E-state index contributed by atoms with van der Waals surface area (Å²) in [6, 6.07) is 14.9. The van der Waals surface area contributed by atoms with Crippen LogP contribution in [0.3, 0.4) is 0 Å². The van der Waals surface area contributed by atoms with Crippen molar-refractivity contribution in [3.05, 3.63) is 70.0 Å². The molecule has 2 fully saturated rings. The molecule has 0 amide bonds. The molecule has 0 aliphatic heterocycles. The van der Waals surface area contributed by atoms with Crippen LogP contribution in [-0.4, -0.2) is 9.52 Å². The molecule has 2 heteroatoms. The van der Waals surface area contributed by atoms with Crippen molar-refractivity contribution >= 4 is 9.52 Å². The van der Waals surface area contributed by atoms with Crippen LogP contribution in [-0.2, 0) is 12.8 Å². The molecule has 0 unspecified atom stereocenters. The third kappa shape index (κ3) is 5.93. The van der Waals surface area contributed by atoms with Gasteiger partial charge in [0.05, 0.1) is 0 Å². The Morgan fingerprint density at radius 3 is 2.16 bits per heavy atom. The Balaban J connectivity index is 1.33. The van der Waals surface area contributed by atoms with E-state index >= 15 is 0 Å². The Bertz CT molecular complexity index is 855. The van der Waals surface area contributed by atoms with Crippen LogP contribution in [0.5, 0.6) is 0 Å². The third-order valence-electron chi connectivity index (χ3n) is 8.59. The standard InChI is InChI=1S/C30H43FSi/c1-4-32-28-17-15-25(16-18-28)24-12-7-23(8-13-24)9-14-27-20-30(31)29(19-22(27)3)26-10-5-21(2)6-11-26/h7-8,12-13,19-21,25-26,28H,4-6,9-11,14-18,32H2,1-3H3. The summed E-state index contributed by atoms with van der Waals surface area (Å²) in [4.78, 5) is 0.